The fourth-order valence-electron chi connectivity index (χ4n) is 3.73. The van der Waals surface area contributed by atoms with Crippen LogP contribution in [0.5, 0.6) is 0 Å². The van der Waals surface area contributed by atoms with Crippen LogP contribution in [0, 0.1) is 12.8 Å². The molecule has 1 aliphatic rings. The number of nitrogens with zero attached hydrogens (tertiary/aromatic N) is 2. The van der Waals surface area contributed by atoms with Gasteiger partial charge in [-0.25, -0.2) is 13.4 Å². The Bertz CT molecular complexity index is 1100. The lowest BCUT2D eigenvalue weighted by atomic mass is 10.1. The first kappa shape index (κ1) is 22.9. The van der Waals surface area contributed by atoms with Gasteiger partial charge in [-0.3, -0.25) is 9.59 Å². The number of carbonyl (C=O) groups is 2. The number of aromatic nitrogens is 1. The molecule has 0 bridgehead atoms. The molecule has 31 heavy (non-hydrogen) atoms. The predicted octanol–water partition coefficient (Wildman–Crippen LogP) is 2.63. The van der Waals surface area contributed by atoms with Gasteiger partial charge in [0.1, 0.15) is 11.9 Å². The molecule has 2 aromatic rings. The quantitative estimate of drug-likeness (QED) is 0.712. The molecule has 0 fully saturated rings. The summed E-state index contributed by atoms with van der Waals surface area (Å²) in [5.41, 5.74) is 2.47. The average Bonchev–Trinajstić information content (AvgIpc) is 3.02. The Morgan fingerprint density at radius 3 is 2.48 bits per heavy atom. The molecular formula is C22H28N4O4S. The van der Waals surface area contributed by atoms with Crippen molar-refractivity contribution >= 4 is 33.3 Å². The van der Waals surface area contributed by atoms with Crippen molar-refractivity contribution in [3.8, 4) is 0 Å². The number of pyridine rings is 1. The van der Waals surface area contributed by atoms with Crippen molar-refractivity contribution in [2.75, 3.05) is 10.2 Å². The van der Waals surface area contributed by atoms with Gasteiger partial charge in [-0.05, 0) is 61.6 Å². The number of fused-ring (bicyclic) bond motifs is 1. The number of aryl methyl sites for hydroxylation is 1. The van der Waals surface area contributed by atoms with E-state index in [1.807, 2.05) is 19.9 Å². The number of amides is 2. The zero-order valence-electron chi connectivity index (χ0n) is 18.3. The van der Waals surface area contributed by atoms with Crippen LogP contribution in [0.4, 0.5) is 11.5 Å². The summed E-state index contributed by atoms with van der Waals surface area (Å²) in [6.07, 6.45) is 2.20. The Hall–Kier alpha value is -2.78. The zero-order valence-corrected chi connectivity index (χ0v) is 19.2. The third kappa shape index (κ3) is 4.94. The minimum absolute atomic E-state index is 0.0328. The standard InChI is InChI=1S/C22H28N4O4S/c1-13(2)21(22(28)24-20-9-6-14(3)12-23-20)25-31(29,30)18-7-8-19-17(11-18)10-15(4)26(19)16(5)27/h6-9,11-13,15,21,25H,10H2,1-5H3,(H,23,24,28)/t15-,21+/m1/s1. The molecule has 2 amide bonds. The maximum Gasteiger partial charge on any atom is 0.243 e. The van der Waals surface area contributed by atoms with Gasteiger partial charge in [0.05, 0.1) is 4.90 Å². The molecule has 0 saturated carbocycles. The molecule has 0 radical (unpaired) electrons. The van der Waals surface area contributed by atoms with Crippen molar-refractivity contribution in [1.82, 2.24) is 9.71 Å². The van der Waals surface area contributed by atoms with Crippen LogP contribution in [0.3, 0.4) is 0 Å². The molecule has 1 aliphatic heterocycles. The number of carbonyl (C=O) groups excluding carboxylic acids is 2. The molecule has 2 heterocycles. The van der Waals surface area contributed by atoms with Gasteiger partial charge >= 0.3 is 0 Å². The van der Waals surface area contributed by atoms with E-state index in [-0.39, 0.29) is 22.8 Å². The summed E-state index contributed by atoms with van der Waals surface area (Å²) < 4.78 is 28.6. The molecule has 1 aromatic carbocycles. The van der Waals surface area contributed by atoms with E-state index in [9.17, 15) is 18.0 Å². The second-order valence-electron chi connectivity index (χ2n) is 8.29. The Morgan fingerprint density at radius 2 is 1.90 bits per heavy atom. The van der Waals surface area contributed by atoms with Crippen LogP contribution in [0.25, 0.3) is 0 Å². The Morgan fingerprint density at radius 1 is 1.19 bits per heavy atom. The second kappa shape index (κ2) is 8.76. The van der Waals surface area contributed by atoms with Crippen molar-refractivity contribution in [2.45, 2.75) is 58.0 Å². The van der Waals surface area contributed by atoms with Gasteiger partial charge in [-0.15, -0.1) is 0 Å². The van der Waals surface area contributed by atoms with Crippen LogP contribution < -0.4 is 14.9 Å². The maximum atomic E-state index is 13.1. The van der Waals surface area contributed by atoms with E-state index in [2.05, 4.69) is 15.0 Å². The normalized spacial score (nSPS) is 16.8. The van der Waals surface area contributed by atoms with Crippen LogP contribution in [0.15, 0.2) is 41.4 Å². The maximum absolute atomic E-state index is 13.1. The monoisotopic (exact) mass is 444 g/mol. The van der Waals surface area contributed by atoms with Crippen molar-refractivity contribution in [2.24, 2.45) is 5.92 Å². The van der Waals surface area contributed by atoms with Gasteiger partial charge in [0.15, 0.2) is 0 Å². The van der Waals surface area contributed by atoms with Crippen molar-refractivity contribution in [1.29, 1.82) is 0 Å². The van der Waals surface area contributed by atoms with E-state index in [0.717, 1.165) is 16.8 Å². The lowest BCUT2D eigenvalue weighted by Gasteiger charge is -2.22. The van der Waals surface area contributed by atoms with E-state index in [0.29, 0.717) is 12.2 Å². The van der Waals surface area contributed by atoms with Crippen LogP contribution in [-0.2, 0) is 26.0 Å². The summed E-state index contributed by atoms with van der Waals surface area (Å²) in [7, 11) is -3.96. The van der Waals surface area contributed by atoms with E-state index in [1.165, 1.54) is 13.0 Å². The lowest BCUT2D eigenvalue weighted by molar-refractivity contribution is -0.119. The molecule has 9 heteroatoms. The number of hydrogen-bond acceptors (Lipinski definition) is 5. The SMILES string of the molecule is CC(=O)N1c2ccc(S(=O)(=O)N[C@H](C(=O)Nc3ccc(C)cn3)C(C)C)cc2C[C@H]1C. The topological polar surface area (TPSA) is 108 Å². The first-order valence-electron chi connectivity index (χ1n) is 10.2. The summed E-state index contributed by atoms with van der Waals surface area (Å²) in [6.45, 7) is 8.84. The third-order valence-electron chi connectivity index (χ3n) is 5.31. The molecule has 2 N–H and O–H groups in total. The third-order valence-corrected chi connectivity index (χ3v) is 6.75. The number of nitrogens with one attached hydrogen (secondary N) is 2. The number of sulfonamides is 1. The largest absolute Gasteiger partial charge is 0.309 e. The highest BCUT2D eigenvalue weighted by Gasteiger charge is 2.32. The lowest BCUT2D eigenvalue weighted by Crippen LogP contribution is -2.47. The average molecular weight is 445 g/mol. The van der Waals surface area contributed by atoms with Crippen molar-refractivity contribution in [3.05, 3.63) is 47.7 Å². The molecular weight excluding hydrogens is 416 g/mol. The summed E-state index contributed by atoms with van der Waals surface area (Å²) in [5.74, 6) is -0.493. The molecule has 166 valence electrons. The Balaban J connectivity index is 1.82. The number of hydrogen-bond donors (Lipinski definition) is 2. The Labute approximate surface area is 183 Å². The summed E-state index contributed by atoms with van der Waals surface area (Å²) in [4.78, 5) is 30.6. The van der Waals surface area contributed by atoms with Gasteiger partial charge < -0.3 is 10.2 Å². The Kier molecular flexibility index (Phi) is 6.47. The highest BCUT2D eigenvalue weighted by atomic mass is 32.2. The molecule has 3 rings (SSSR count). The summed E-state index contributed by atoms with van der Waals surface area (Å²) in [5, 5.41) is 2.67. The summed E-state index contributed by atoms with van der Waals surface area (Å²) in [6, 6.07) is 7.16. The van der Waals surface area contributed by atoms with Crippen LogP contribution in [0.2, 0.25) is 0 Å². The highest BCUT2D eigenvalue weighted by Crippen LogP contribution is 2.34. The van der Waals surface area contributed by atoms with Gasteiger partial charge in [-0.1, -0.05) is 19.9 Å². The zero-order chi connectivity index (χ0) is 22.9. The van der Waals surface area contributed by atoms with E-state index in [1.54, 1.807) is 43.1 Å². The first-order valence-corrected chi connectivity index (χ1v) is 11.7. The highest BCUT2D eigenvalue weighted by molar-refractivity contribution is 7.89. The predicted molar refractivity (Wildman–Crippen MR) is 119 cm³/mol. The molecule has 0 saturated heterocycles. The van der Waals surface area contributed by atoms with Gasteiger partial charge in [0.2, 0.25) is 21.8 Å². The fourth-order valence-corrected chi connectivity index (χ4v) is 5.12. The van der Waals surface area contributed by atoms with Crippen molar-refractivity contribution in [3.63, 3.8) is 0 Å². The van der Waals surface area contributed by atoms with Gasteiger partial charge in [0, 0.05) is 24.8 Å². The molecule has 1 aromatic heterocycles. The van der Waals surface area contributed by atoms with Crippen LogP contribution >= 0.6 is 0 Å². The van der Waals surface area contributed by atoms with Crippen LogP contribution in [-0.4, -0.2) is 37.3 Å². The van der Waals surface area contributed by atoms with Gasteiger partial charge in [0.25, 0.3) is 0 Å². The van der Waals surface area contributed by atoms with Crippen LogP contribution in [0.1, 0.15) is 38.8 Å². The molecule has 0 unspecified atom stereocenters. The molecule has 0 spiro atoms. The minimum Gasteiger partial charge on any atom is -0.309 e. The molecule has 0 aliphatic carbocycles. The molecule has 8 nitrogen and oxygen atoms in total. The molecule has 2 atom stereocenters. The van der Waals surface area contributed by atoms with E-state index >= 15 is 0 Å². The van der Waals surface area contributed by atoms with Gasteiger partial charge in [-0.2, -0.15) is 4.72 Å². The number of anilines is 2. The first-order chi connectivity index (χ1) is 14.5. The smallest absolute Gasteiger partial charge is 0.243 e. The van der Waals surface area contributed by atoms with E-state index in [4.69, 9.17) is 0 Å². The summed E-state index contributed by atoms with van der Waals surface area (Å²) >= 11 is 0. The minimum atomic E-state index is -3.96. The fraction of sp³-hybridized carbons (Fsp3) is 0.409. The van der Waals surface area contributed by atoms with E-state index < -0.39 is 22.0 Å². The number of rotatable bonds is 6. The second-order valence-corrected chi connectivity index (χ2v) is 10.00. The van der Waals surface area contributed by atoms with Crippen molar-refractivity contribution < 1.29 is 18.0 Å². The number of benzene rings is 1.